The lowest BCUT2D eigenvalue weighted by atomic mass is 9.94. The van der Waals surface area contributed by atoms with E-state index in [0.29, 0.717) is 31.0 Å². The number of amides is 2. The van der Waals surface area contributed by atoms with Gasteiger partial charge in [0.2, 0.25) is 11.8 Å². The summed E-state index contributed by atoms with van der Waals surface area (Å²) in [6, 6.07) is 19.2. The second kappa shape index (κ2) is 10.6. The number of halogens is 1. The first-order valence-electron chi connectivity index (χ1n) is 10.7. The topological polar surface area (TPSA) is 49.4 Å². The number of carbonyl (C=O) groups excluding carboxylic acids is 2. The fourth-order valence-corrected chi connectivity index (χ4v) is 4.72. The van der Waals surface area contributed by atoms with Crippen molar-refractivity contribution in [3.05, 3.63) is 99.2 Å². The number of carbonyl (C=O) groups is 2. The van der Waals surface area contributed by atoms with E-state index < -0.39 is 0 Å². The van der Waals surface area contributed by atoms with Gasteiger partial charge in [-0.3, -0.25) is 9.59 Å². The molecule has 0 saturated carbocycles. The maximum Gasteiger partial charge on any atom is 0.246 e. The zero-order valence-corrected chi connectivity index (χ0v) is 19.2. The van der Waals surface area contributed by atoms with E-state index in [-0.39, 0.29) is 23.8 Å². The molecule has 4 nitrogen and oxygen atoms in total. The molecule has 164 valence electrons. The van der Waals surface area contributed by atoms with E-state index in [4.69, 9.17) is 11.6 Å². The van der Waals surface area contributed by atoms with Crippen LogP contribution in [0.5, 0.6) is 0 Å². The molecular formula is C26H25ClN2O2S. The lowest BCUT2D eigenvalue weighted by Gasteiger charge is -2.31. The van der Waals surface area contributed by atoms with Gasteiger partial charge in [-0.1, -0.05) is 54.1 Å². The molecule has 2 heterocycles. The van der Waals surface area contributed by atoms with Crippen LogP contribution in [0.4, 0.5) is 0 Å². The van der Waals surface area contributed by atoms with Crippen molar-refractivity contribution in [1.29, 1.82) is 0 Å². The van der Waals surface area contributed by atoms with Gasteiger partial charge in [-0.2, -0.15) is 11.3 Å². The van der Waals surface area contributed by atoms with Crippen LogP contribution in [-0.2, 0) is 9.59 Å². The summed E-state index contributed by atoms with van der Waals surface area (Å²) in [6.45, 7) is 1.17. The molecule has 1 aliphatic heterocycles. The van der Waals surface area contributed by atoms with Gasteiger partial charge in [0.05, 0.1) is 6.04 Å². The summed E-state index contributed by atoms with van der Waals surface area (Å²) < 4.78 is 0. The number of nitrogens with zero attached hydrogens (tertiary/aromatic N) is 1. The van der Waals surface area contributed by atoms with Crippen molar-refractivity contribution in [1.82, 2.24) is 10.2 Å². The maximum absolute atomic E-state index is 13.1. The van der Waals surface area contributed by atoms with Crippen molar-refractivity contribution in [3.8, 4) is 0 Å². The Balaban J connectivity index is 1.35. The van der Waals surface area contributed by atoms with E-state index in [1.165, 1.54) is 0 Å². The summed E-state index contributed by atoms with van der Waals surface area (Å²) in [5.41, 5.74) is 3.06. The van der Waals surface area contributed by atoms with Crippen LogP contribution < -0.4 is 5.32 Å². The maximum atomic E-state index is 13.1. The van der Waals surface area contributed by atoms with Crippen LogP contribution in [0.15, 0.2) is 77.5 Å². The molecule has 2 aromatic carbocycles. The third-order valence-corrected chi connectivity index (χ3v) is 6.72. The van der Waals surface area contributed by atoms with E-state index in [1.807, 2.05) is 77.0 Å². The summed E-state index contributed by atoms with van der Waals surface area (Å²) in [6.07, 6.45) is 4.77. The van der Waals surface area contributed by atoms with Crippen molar-refractivity contribution >= 4 is 40.8 Å². The lowest BCUT2D eigenvalue weighted by molar-refractivity contribution is -0.132. The predicted molar refractivity (Wildman–Crippen MR) is 131 cm³/mol. The van der Waals surface area contributed by atoms with E-state index in [1.54, 1.807) is 17.4 Å². The van der Waals surface area contributed by atoms with Gasteiger partial charge in [-0.15, -0.1) is 0 Å². The summed E-state index contributed by atoms with van der Waals surface area (Å²) in [7, 11) is 0. The Bertz CT molecular complexity index is 1060. The molecule has 0 radical (unpaired) electrons. The van der Waals surface area contributed by atoms with E-state index in [0.717, 1.165) is 16.7 Å². The Labute approximate surface area is 197 Å². The summed E-state index contributed by atoms with van der Waals surface area (Å²) >= 11 is 7.65. The van der Waals surface area contributed by atoms with E-state index >= 15 is 0 Å². The average Bonchev–Trinajstić information content (AvgIpc) is 3.37. The van der Waals surface area contributed by atoms with Crippen LogP contribution in [0, 0.1) is 5.92 Å². The smallest absolute Gasteiger partial charge is 0.246 e. The van der Waals surface area contributed by atoms with Crippen LogP contribution >= 0.6 is 22.9 Å². The van der Waals surface area contributed by atoms with Gasteiger partial charge in [0.15, 0.2) is 0 Å². The lowest BCUT2D eigenvalue weighted by Crippen LogP contribution is -2.43. The minimum absolute atomic E-state index is 0.00924. The van der Waals surface area contributed by atoms with Crippen LogP contribution in [0.2, 0.25) is 5.02 Å². The quantitative estimate of drug-likeness (QED) is 0.485. The number of nitrogens with one attached hydrogen (secondary N) is 1. The van der Waals surface area contributed by atoms with Crippen molar-refractivity contribution in [3.63, 3.8) is 0 Å². The standard InChI is InChI=1S/C26H25ClN2O2S/c27-23-9-7-20(8-10-23)25(22-14-17-32-18-22)28-26(31)21-12-15-29(16-13-21)24(30)11-6-19-4-2-1-3-5-19/h1-11,14,17-18,21,25H,12-13,15-16H2,(H,28,31)/b11-6+. The Hall–Kier alpha value is -2.89. The molecule has 1 unspecified atom stereocenters. The van der Waals surface area contributed by atoms with E-state index in [2.05, 4.69) is 10.7 Å². The molecular weight excluding hydrogens is 440 g/mol. The molecule has 0 spiro atoms. The third-order valence-electron chi connectivity index (χ3n) is 5.76. The van der Waals surface area contributed by atoms with Gasteiger partial charge >= 0.3 is 0 Å². The summed E-state index contributed by atoms with van der Waals surface area (Å²) in [4.78, 5) is 27.4. The van der Waals surface area contributed by atoms with Gasteiger partial charge in [-0.05, 0) is 64.6 Å². The molecule has 6 heteroatoms. The van der Waals surface area contributed by atoms with Crippen LogP contribution in [0.25, 0.3) is 6.08 Å². The van der Waals surface area contributed by atoms with Crippen molar-refractivity contribution < 1.29 is 9.59 Å². The first kappa shape index (κ1) is 22.3. The molecule has 1 atom stereocenters. The molecule has 32 heavy (non-hydrogen) atoms. The van der Waals surface area contributed by atoms with Gasteiger partial charge < -0.3 is 10.2 Å². The molecule has 2 amide bonds. The number of benzene rings is 2. The monoisotopic (exact) mass is 464 g/mol. The molecule has 3 aromatic rings. The SMILES string of the molecule is O=C(NC(c1ccc(Cl)cc1)c1ccsc1)C1CCN(C(=O)/C=C/c2ccccc2)CC1. The number of thiophene rings is 1. The fourth-order valence-electron chi connectivity index (χ4n) is 3.91. The van der Waals surface area contributed by atoms with Crippen molar-refractivity contribution in [2.75, 3.05) is 13.1 Å². The normalized spacial score (nSPS) is 15.6. The Morgan fingerprint density at radius 3 is 2.38 bits per heavy atom. The number of hydrogen-bond donors (Lipinski definition) is 1. The molecule has 1 saturated heterocycles. The third kappa shape index (κ3) is 5.67. The molecule has 4 rings (SSSR count). The number of likely N-dealkylation sites (tertiary alicyclic amines) is 1. The van der Waals surface area contributed by atoms with E-state index in [9.17, 15) is 9.59 Å². The highest BCUT2D eigenvalue weighted by atomic mass is 35.5. The molecule has 0 bridgehead atoms. The highest BCUT2D eigenvalue weighted by molar-refractivity contribution is 7.08. The second-order valence-electron chi connectivity index (χ2n) is 7.89. The number of piperidine rings is 1. The Morgan fingerprint density at radius 2 is 1.72 bits per heavy atom. The fraction of sp³-hybridized carbons (Fsp3) is 0.231. The molecule has 1 fully saturated rings. The highest BCUT2D eigenvalue weighted by Crippen LogP contribution is 2.27. The zero-order chi connectivity index (χ0) is 22.3. The minimum Gasteiger partial charge on any atom is -0.345 e. The van der Waals surface area contributed by atoms with Gasteiger partial charge in [-0.25, -0.2) is 0 Å². The molecule has 1 aliphatic rings. The highest BCUT2D eigenvalue weighted by Gasteiger charge is 2.28. The molecule has 0 aliphatic carbocycles. The summed E-state index contributed by atoms with van der Waals surface area (Å²) in [5, 5.41) is 7.96. The van der Waals surface area contributed by atoms with Crippen LogP contribution in [-0.4, -0.2) is 29.8 Å². The average molecular weight is 465 g/mol. The Kier molecular flexibility index (Phi) is 7.40. The zero-order valence-electron chi connectivity index (χ0n) is 17.6. The largest absolute Gasteiger partial charge is 0.345 e. The van der Waals surface area contributed by atoms with Crippen molar-refractivity contribution in [2.45, 2.75) is 18.9 Å². The first-order chi connectivity index (χ1) is 15.6. The van der Waals surface area contributed by atoms with Gasteiger partial charge in [0.25, 0.3) is 0 Å². The number of rotatable bonds is 6. The van der Waals surface area contributed by atoms with Crippen LogP contribution in [0.3, 0.4) is 0 Å². The van der Waals surface area contributed by atoms with Crippen LogP contribution in [0.1, 0.15) is 35.6 Å². The predicted octanol–water partition coefficient (Wildman–Crippen LogP) is 5.56. The minimum atomic E-state index is -0.209. The summed E-state index contributed by atoms with van der Waals surface area (Å²) in [5.74, 6) is -0.0845. The molecule has 1 aromatic heterocycles. The first-order valence-corrected chi connectivity index (χ1v) is 12.0. The van der Waals surface area contributed by atoms with Gasteiger partial charge in [0.1, 0.15) is 0 Å². The Morgan fingerprint density at radius 1 is 1.00 bits per heavy atom. The molecule has 1 N–H and O–H groups in total. The van der Waals surface area contributed by atoms with Crippen molar-refractivity contribution in [2.24, 2.45) is 5.92 Å². The van der Waals surface area contributed by atoms with Gasteiger partial charge in [0, 0.05) is 30.1 Å². The number of hydrogen-bond acceptors (Lipinski definition) is 3. The second-order valence-corrected chi connectivity index (χ2v) is 9.11.